The van der Waals surface area contributed by atoms with Crippen LogP contribution in [0.4, 0.5) is 5.69 Å². The lowest BCUT2D eigenvalue weighted by atomic mass is 10.0. The quantitative estimate of drug-likeness (QED) is 0.421. The van der Waals surface area contributed by atoms with Gasteiger partial charge in [0.15, 0.2) is 16.6 Å². The molecule has 2 atom stereocenters. The Bertz CT molecular complexity index is 1360. The van der Waals surface area contributed by atoms with Crippen LogP contribution < -0.4 is 24.4 Å². The number of hydrogen-bond acceptors (Lipinski definition) is 5. The van der Waals surface area contributed by atoms with Crippen molar-refractivity contribution in [1.29, 1.82) is 0 Å². The maximum absolute atomic E-state index is 5.86. The van der Waals surface area contributed by atoms with Gasteiger partial charge in [-0.05, 0) is 60.7 Å². The lowest BCUT2D eigenvalue weighted by Gasteiger charge is -2.29. The van der Waals surface area contributed by atoms with Gasteiger partial charge >= 0.3 is 0 Å². The van der Waals surface area contributed by atoms with Crippen LogP contribution in [0.15, 0.2) is 85.2 Å². The molecule has 0 bridgehead atoms. The summed E-state index contributed by atoms with van der Waals surface area (Å²) in [5, 5.41) is 4.13. The minimum Gasteiger partial charge on any atom is -0.497 e. The van der Waals surface area contributed by atoms with Crippen molar-refractivity contribution in [2.45, 2.75) is 12.1 Å². The molecule has 0 radical (unpaired) electrons. The molecule has 7 nitrogen and oxygen atoms in total. The zero-order valence-corrected chi connectivity index (χ0v) is 19.2. The van der Waals surface area contributed by atoms with Crippen LogP contribution in [0.1, 0.15) is 23.5 Å². The molecule has 0 spiro atoms. The second-order valence-corrected chi connectivity index (χ2v) is 8.43. The van der Waals surface area contributed by atoms with Gasteiger partial charge in [-0.15, -0.1) is 0 Å². The monoisotopic (exact) mass is 470 g/mol. The fraction of sp³-hybridized carbons (Fsp3) is 0.154. The molecular formula is C26H22N4O3S. The molecule has 1 saturated heterocycles. The van der Waals surface area contributed by atoms with E-state index in [1.807, 2.05) is 66.9 Å². The minimum absolute atomic E-state index is 0.154. The van der Waals surface area contributed by atoms with Crippen LogP contribution in [0.25, 0.3) is 5.69 Å². The molecule has 0 unspecified atom stereocenters. The van der Waals surface area contributed by atoms with Crippen LogP contribution in [0.5, 0.6) is 17.2 Å². The van der Waals surface area contributed by atoms with Crippen LogP contribution in [0, 0.1) is 0 Å². The van der Waals surface area contributed by atoms with E-state index in [1.165, 1.54) is 0 Å². The standard InChI is InChI=1S/C26H22N4O3S/c1-31-19-7-4-6-17(14-19)29-13-5-9-21(29)25-24(20-8-2-3-12-27-20)28-26(34)30(25)18-10-11-22-23(15-18)33-16-32-22/h2-15,24-25H,16H2,1H3,(H,28,34)/t24-,25-/m1/s1. The molecule has 1 fully saturated rings. The Balaban J connectivity index is 1.50. The first-order valence-electron chi connectivity index (χ1n) is 10.9. The number of fused-ring (bicyclic) bond motifs is 1. The predicted molar refractivity (Wildman–Crippen MR) is 133 cm³/mol. The van der Waals surface area contributed by atoms with E-state index in [0.29, 0.717) is 10.9 Å². The summed E-state index contributed by atoms with van der Waals surface area (Å²) >= 11 is 5.86. The van der Waals surface area contributed by atoms with E-state index in [4.69, 9.17) is 26.4 Å². The summed E-state index contributed by atoms with van der Waals surface area (Å²) in [5.41, 5.74) is 3.90. The topological polar surface area (TPSA) is 60.8 Å². The Morgan fingerprint density at radius 2 is 1.88 bits per heavy atom. The number of anilines is 1. The number of ether oxygens (including phenoxy) is 3. The highest BCUT2D eigenvalue weighted by Crippen LogP contribution is 2.45. The van der Waals surface area contributed by atoms with Crippen LogP contribution in [-0.2, 0) is 0 Å². The van der Waals surface area contributed by atoms with Crippen LogP contribution in [0.2, 0.25) is 0 Å². The largest absolute Gasteiger partial charge is 0.497 e. The fourth-order valence-electron chi connectivity index (χ4n) is 4.60. The van der Waals surface area contributed by atoms with Gasteiger partial charge < -0.3 is 29.0 Å². The molecule has 4 heterocycles. The average molecular weight is 471 g/mol. The highest BCUT2D eigenvalue weighted by Gasteiger charge is 2.42. The van der Waals surface area contributed by atoms with Crippen molar-refractivity contribution in [2.75, 3.05) is 18.8 Å². The maximum atomic E-state index is 5.86. The van der Waals surface area contributed by atoms with Crippen molar-refractivity contribution in [2.24, 2.45) is 0 Å². The van der Waals surface area contributed by atoms with Crippen molar-refractivity contribution in [3.63, 3.8) is 0 Å². The van der Waals surface area contributed by atoms with Gasteiger partial charge in [-0.25, -0.2) is 0 Å². The molecule has 0 amide bonds. The van der Waals surface area contributed by atoms with Gasteiger partial charge in [0.25, 0.3) is 0 Å². The van der Waals surface area contributed by atoms with Crippen LogP contribution in [-0.4, -0.2) is 28.6 Å². The number of benzene rings is 2. The van der Waals surface area contributed by atoms with Gasteiger partial charge in [-0.3, -0.25) is 4.98 Å². The Morgan fingerprint density at radius 1 is 0.971 bits per heavy atom. The van der Waals surface area contributed by atoms with E-state index in [-0.39, 0.29) is 18.9 Å². The minimum atomic E-state index is -0.163. The Morgan fingerprint density at radius 3 is 2.74 bits per heavy atom. The van der Waals surface area contributed by atoms with Crippen molar-refractivity contribution < 1.29 is 14.2 Å². The third kappa shape index (κ3) is 3.43. The normalized spacial score (nSPS) is 18.7. The number of pyridine rings is 1. The summed E-state index contributed by atoms with van der Waals surface area (Å²) < 4.78 is 18.8. The number of hydrogen-bond donors (Lipinski definition) is 1. The third-order valence-electron chi connectivity index (χ3n) is 6.15. The number of methoxy groups -OCH3 is 1. The van der Waals surface area contributed by atoms with Crippen molar-refractivity contribution in [3.05, 3.63) is 96.6 Å². The lowest BCUT2D eigenvalue weighted by molar-refractivity contribution is 0.174. The maximum Gasteiger partial charge on any atom is 0.231 e. The summed E-state index contributed by atoms with van der Waals surface area (Å²) in [4.78, 5) is 6.78. The van der Waals surface area contributed by atoms with Gasteiger partial charge in [-0.1, -0.05) is 12.1 Å². The van der Waals surface area contributed by atoms with Gasteiger partial charge in [-0.2, -0.15) is 0 Å². The third-order valence-corrected chi connectivity index (χ3v) is 6.46. The molecule has 6 rings (SSSR count). The van der Waals surface area contributed by atoms with Crippen LogP contribution in [0.3, 0.4) is 0 Å². The van der Waals surface area contributed by atoms with Crippen molar-refractivity contribution in [1.82, 2.24) is 14.9 Å². The highest BCUT2D eigenvalue weighted by atomic mass is 32.1. The number of thiocarbonyl (C=S) groups is 1. The smallest absolute Gasteiger partial charge is 0.231 e. The van der Waals surface area contributed by atoms with Crippen molar-refractivity contribution >= 4 is 23.0 Å². The van der Waals surface area contributed by atoms with E-state index < -0.39 is 0 Å². The Hall–Kier alpha value is -4.04. The fourth-order valence-corrected chi connectivity index (χ4v) is 4.95. The first kappa shape index (κ1) is 20.6. The van der Waals surface area contributed by atoms with E-state index >= 15 is 0 Å². The van der Waals surface area contributed by atoms with Gasteiger partial charge in [0.2, 0.25) is 6.79 Å². The Kier molecular flexibility index (Phi) is 5.07. The molecule has 0 aliphatic carbocycles. The second kappa shape index (κ2) is 8.39. The summed E-state index contributed by atoms with van der Waals surface area (Å²) in [6, 6.07) is 23.7. The molecule has 4 aromatic rings. The zero-order chi connectivity index (χ0) is 23.1. The summed E-state index contributed by atoms with van der Waals surface area (Å²) in [5.74, 6) is 2.24. The average Bonchev–Trinajstić information content (AvgIpc) is 3.62. The van der Waals surface area contributed by atoms with Gasteiger partial charge in [0.1, 0.15) is 11.8 Å². The molecule has 1 N–H and O–H groups in total. The molecule has 2 aliphatic heterocycles. The first-order chi connectivity index (χ1) is 16.7. The van der Waals surface area contributed by atoms with E-state index in [1.54, 1.807) is 7.11 Å². The molecule has 170 valence electrons. The van der Waals surface area contributed by atoms with Crippen molar-refractivity contribution in [3.8, 4) is 22.9 Å². The molecule has 2 aromatic heterocycles. The number of aromatic nitrogens is 2. The number of rotatable bonds is 5. The SMILES string of the molecule is COc1cccc(-n2cccc2[C@@H]2[C@@H](c3ccccn3)NC(=S)N2c2ccc3c(c2)OCO3)c1. The van der Waals surface area contributed by atoms with E-state index in [0.717, 1.165) is 34.3 Å². The lowest BCUT2D eigenvalue weighted by Crippen LogP contribution is -2.30. The highest BCUT2D eigenvalue weighted by molar-refractivity contribution is 7.80. The summed E-state index contributed by atoms with van der Waals surface area (Å²) in [6.07, 6.45) is 3.86. The van der Waals surface area contributed by atoms with E-state index in [2.05, 4.69) is 38.1 Å². The predicted octanol–water partition coefficient (Wildman–Crippen LogP) is 4.79. The van der Waals surface area contributed by atoms with Gasteiger partial charge in [0.05, 0.1) is 18.8 Å². The zero-order valence-electron chi connectivity index (χ0n) is 18.4. The second-order valence-electron chi connectivity index (χ2n) is 8.04. The summed E-state index contributed by atoms with van der Waals surface area (Å²) in [7, 11) is 1.67. The molecule has 2 aliphatic rings. The van der Waals surface area contributed by atoms with Crippen LogP contribution >= 0.6 is 12.2 Å². The Labute approximate surface area is 202 Å². The van der Waals surface area contributed by atoms with Gasteiger partial charge in [0, 0.05) is 41.6 Å². The molecule has 34 heavy (non-hydrogen) atoms. The molecule has 2 aromatic carbocycles. The molecule has 8 heteroatoms. The molecular weight excluding hydrogens is 448 g/mol. The summed E-state index contributed by atoms with van der Waals surface area (Å²) in [6.45, 7) is 0.222. The van der Waals surface area contributed by atoms with E-state index in [9.17, 15) is 0 Å². The first-order valence-corrected chi connectivity index (χ1v) is 11.4. The number of nitrogens with zero attached hydrogens (tertiary/aromatic N) is 3. The molecule has 0 saturated carbocycles. The number of nitrogens with one attached hydrogen (secondary N) is 1.